The maximum Gasteiger partial charge on any atom is 0.261 e. The van der Waals surface area contributed by atoms with Crippen molar-refractivity contribution in [3.8, 4) is 0 Å². The summed E-state index contributed by atoms with van der Waals surface area (Å²) in [6.07, 6.45) is 7.15. The van der Waals surface area contributed by atoms with Gasteiger partial charge in [0.1, 0.15) is 0 Å². The quantitative estimate of drug-likeness (QED) is 0.675. The van der Waals surface area contributed by atoms with Gasteiger partial charge in [-0.2, -0.15) is 0 Å². The molecule has 3 rings (SSSR count). The van der Waals surface area contributed by atoms with Crippen LogP contribution in [0.4, 0.5) is 0 Å². The molecule has 0 radical (unpaired) electrons. The van der Waals surface area contributed by atoms with Crippen molar-refractivity contribution in [2.24, 2.45) is 5.92 Å². The molecule has 2 nitrogen and oxygen atoms in total. The van der Waals surface area contributed by atoms with Crippen LogP contribution in [0.1, 0.15) is 59.3 Å². The van der Waals surface area contributed by atoms with E-state index in [1.54, 1.807) is 0 Å². The first kappa shape index (κ1) is 21.3. The van der Waals surface area contributed by atoms with Crippen LogP contribution in [0.2, 0.25) is 5.04 Å². The fraction of sp³-hybridized carbons (Fsp3) is 0.520. The van der Waals surface area contributed by atoms with Crippen molar-refractivity contribution >= 4 is 18.7 Å². The molecule has 2 aromatic rings. The fourth-order valence-electron chi connectivity index (χ4n) is 4.86. The summed E-state index contributed by atoms with van der Waals surface area (Å²) < 4.78 is 7.26. The average Bonchev–Trinajstić information content (AvgIpc) is 2.72. The normalized spacial score (nSPS) is 20.9. The van der Waals surface area contributed by atoms with E-state index in [0.29, 0.717) is 12.7 Å². The molecule has 0 heterocycles. The first-order valence-corrected chi connectivity index (χ1v) is 12.8. The third-order valence-corrected chi connectivity index (χ3v) is 11.4. The lowest BCUT2D eigenvalue weighted by atomic mass is 9.85. The molecule has 1 aliphatic rings. The fourth-order valence-corrected chi connectivity index (χ4v) is 9.61. The van der Waals surface area contributed by atoms with Gasteiger partial charge in [0.25, 0.3) is 8.32 Å². The zero-order valence-corrected chi connectivity index (χ0v) is 18.7. The van der Waals surface area contributed by atoms with Crippen molar-refractivity contribution in [3.05, 3.63) is 60.7 Å². The summed E-state index contributed by atoms with van der Waals surface area (Å²) in [5.41, 5.74) is 0. The predicted molar refractivity (Wildman–Crippen MR) is 121 cm³/mol. The zero-order valence-electron chi connectivity index (χ0n) is 17.7. The molecule has 3 heteroatoms. The van der Waals surface area contributed by atoms with Crippen molar-refractivity contribution in [2.45, 2.75) is 70.4 Å². The SMILES string of the molecule is CC(C)(C)[Si](OC1CCC(CCCO)CC1)(c1ccccc1)c1ccccc1. The molecule has 0 aromatic heterocycles. The van der Waals surface area contributed by atoms with Gasteiger partial charge in [0, 0.05) is 12.7 Å². The van der Waals surface area contributed by atoms with Gasteiger partial charge in [0.05, 0.1) is 0 Å². The molecule has 28 heavy (non-hydrogen) atoms. The van der Waals surface area contributed by atoms with E-state index in [9.17, 15) is 0 Å². The number of aliphatic hydroxyl groups is 1. The minimum absolute atomic E-state index is 0.0451. The highest BCUT2D eigenvalue weighted by Gasteiger charge is 2.51. The minimum Gasteiger partial charge on any atom is -0.404 e. The number of aliphatic hydroxyl groups excluding tert-OH is 1. The second-order valence-electron chi connectivity index (χ2n) is 9.29. The summed E-state index contributed by atoms with van der Waals surface area (Å²) in [5.74, 6) is 0.756. The Labute approximate surface area is 172 Å². The second kappa shape index (κ2) is 9.38. The Morgan fingerprint density at radius 1 is 0.857 bits per heavy atom. The number of hydrogen-bond acceptors (Lipinski definition) is 2. The Morgan fingerprint density at radius 2 is 1.36 bits per heavy atom. The number of hydrogen-bond donors (Lipinski definition) is 1. The molecule has 152 valence electrons. The Kier molecular flexibility index (Phi) is 7.13. The first-order valence-electron chi connectivity index (χ1n) is 10.9. The van der Waals surface area contributed by atoms with Gasteiger partial charge in [-0.3, -0.25) is 0 Å². The van der Waals surface area contributed by atoms with Gasteiger partial charge in [0.2, 0.25) is 0 Å². The van der Waals surface area contributed by atoms with Gasteiger partial charge >= 0.3 is 0 Å². The molecular weight excluding hydrogens is 360 g/mol. The van der Waals surface area contributed by atoms with Crippen molar-refractivity contribution in [2.75, 3.05) is 6.61 Å². The zero-order chi connectivity index (χ0) is 20.0. The highest BCUT2D eigenvalue weighted by molar-refractivity contribution is 6.99. The molecule has 2 aromatic carbocycles. The Morgan fingerprint density at radius 3 is 1.79 bits per heavy atom. The van der Waals surface area contributed by atoms with Gasteiger partial charge in [0.15, 0.2) is 0 Å². The largest absolute Gasteiger partial charge is 0.404 e. The Bertz CT molecular complexity index is 661. The molecular formula is C25H36O2Si. The van der Waals surface area contributed by atoms with Gasteiger partial charge in [-0.1, -0.05) is 81.4 Å². The summed E-state index contributed by atoms with van der Waals surface area (Å²) >= 11 is 0. The maximum absolute atomic E-state index is 9.12. The highest BCUT2D eigenvalue weighted by Crippen LogP contribution is 2.40. The summed E-state index contributed by atoms with van der Waals surface area (Å²) in [6.45, 7) is 7.38. The molecule has 0 spiro atoms. The smallest absolute Gasteiger partial charge is 0.261 e. The molecule has 0 atom stereocenters. The van der Waals surface area contributed by atoms with Crippen LogP contribution in [-0.2, 0) is 4.43 Å². The highest BCUT2D eigenvalue weighted by atomic mass is 28.4. The van der Waals surface area contributed by atoms with E-state index in [4.69, 9.17) is 9.53 Å². The minimum atomic E-state index is -2.42. The topological polar surface area (TPSA) is 29.5 Å². The van der Waals surface area contributed by atoms with E-state index >= 15 is 0 Å². The molecule has 1 saturated carbocycles. The maximum atomic E-state index is 9.12. The van der Waals surface area contributed by atoms with E-state index in [1.165, 1.54) is 23.2 Å². The standard InChI is InChI=1S/C25H36O2Si/c1-25(2,3)28(23-12-6-4-7-13-23,24-14-8-5-9-15-24)27-22-18-16-21(17-19-22)11-10-20-26/h4-9,12-15,21-22,26H,10-11,16-20H2,1-3H3. The second-order valence-corrected chi connectivity index (χ2v) is 13.5. The molecule has 1 fully saturated rings. The van der Waals surface area contributed by atoms with Crippen LogP contribution >= 0.6 is 0 Å². The Hall–Kier alpha value is -1.42. The van der Waals surface area contributed by atoms with E-state index in [1.807, 2.05) is 0 Å². The van der Waals surface area contributed by atoms with E-state index in [0.717, 1.165) is 31.6 Å². The van der Waals surface area contributed by atoms with E-state index in [2.05, 4.69) is 81.4 Å². The van der Waals surface area contributed by atoms with Crippen LogP contribution in [0.5, 0.6) is 0 Å². The van der Waals surface area contributed by atoms with Crippen molar-refractivity contribution < 1.29 is 9.53 Å². The van der Waals surface area contributed by atoms with Crippen LogP contribution < -0.4 is 10.4 Å². The molecule has 0 unspecified atom stereocenters. The number of rotatable bonds is 7. The van der Waals surface area contributed by atoms with Gasteiger partial charge in [-0.05, 0) is 59.9 Å². The van der Waals surface area contributed by atoms with Gasteiger partial charge < -0.3 is 9.53 Å². The summed E-state index contributed by atoms with van der Waals surface area (Å²) in [4.78, 5) is 0. The molecule has 0 bridgehead atoms. The van der Waals surface area contributed by atoms with Crippen molar-refractivity contribution in [1.29, 1.82) is 0 Å². The Balaban J connectivity index is 1.92. The lowest BCUT2D eigenvalue weighted by Gasteiger charge is -2.46. The first-order chi connectivity index (χ1) is 13.5. The lowest BCUT2D eigenvalue weighted by Crippen LogP contribution is -2.67. The van der Waals surface area contributed by atoms with Crippen LogP contribution in [0.3, 0.4) is 0 Å². The van der Waals surface area contributed by atoms with Crippen LogP contribution in [0.15, 0.2) is 60.7 Å². The lowest BCUT2D eigenvalue weighted by molar-refractivity contribution is 0.116. The number of benzene rings is 2. The third kappa shape index (κ3) is 4.59. The van der Waals surface area contributed by atoms with E-state index in [-0.39, 0.29) is 5.04 Å². The molecule has 0 amide bonds. The average molecular weight is 397 g/mol. The monoisotopic (exact) mass is 396 g/mol. The van der Waals surface area contributed by atoms with Gasteiger partial charge in [-0.15, -0.1) is 0 Å². The van der Waals surface area contributed by atoms with Gasteiger partial charge in [-0.25, -0.2) is 0 Å². The van der Waals surface area contributed by atoms with Crippen molar-refractivity contribution in [1.82, 2.24) is 0 Å². The molecule has 1 N–H and O–H groups in total. The van der Waals surface area contributed by atoms with Crippen LogP contribution in [0.25, 0.3) is 0 Å². The van der Waals surface area contributed by atoms with Crippen LogP contribution in [0, 0.1) is 5.92 Å². The predicted octanol–water partition coefficient (Wildman–Crippen LogP) is 4.89. The summed E-state index contributed by atoms with van der Waals surface area (Å²) in [7, 11) is -2.42. The summed E-state index contributed by atoms with van der Waals surface area (Å²) in [5, 5.41) is 11.9. The molecule has 0 saturated heterocycles. The van der Waals surface area contributed by atoms with Crippen LogP contribution in [-0.4, -0.2) is 26.1 Å². The summed E-state index contributed by atoms with van der Waals surface area (Å²) in [6, 6.07) is 21.9. The molecule has 1 aliphatic carbocycles. The third-order valence-electron chi connectivity index (χ3n) is 6.32. The van der Waals surface area contributed by atoms with E-state index < -0.39 is 8.32 Å². The molecule has 0 aliphatic heterocycles. The van der Waals surface area contributed by atoms with Crippen molar-refractivity contribution in [3.63, 3.8) is 0 Å².